The van der Waals surface area contributed by atoms with Gasteiger partial charge in [0.05, 0.1) is 18.7 Å². The third kappa shape index (κ3) is 2.84. The van der Waals surface area contributed by atoms with Crippen LogP contribution in [0.2, 0.25) is 0 Å². The van der Waals surface area contributed by atoms with Crippen LogP contribution in [0, 0.1) is 0 Å². The molecule has 8 nitrogen and oxygen atoms in total. The fraction of sp³-hybridized carbons (Fsp3) is 0.500. The average Bonchev–Trinajstić information content (AvgIpc) is 3.14. The van der Waals surface area contributed by atoms with Crippen LogP contribution in [-0.2, 0) is 11.3 Å². The Morgan fingerprint density at radius 2 is 2.25 bits per heavy atom. The second kappa shape index (κ2) is 5.86. The molecule has 2 aliphatic heterocycles. The van der Waals surface area contributed by atoms with Crippen LogP contribution in [0.4, 0.5) is 4.79 Å². The van der Waals surface area contributed by atoms with Crippen molar-refractivity contribution in [1.82, 2.24) is 25.0 Å². The Morgan fingerprint density at radius 1 is 1.33 bits per heavy atom. The minimum atomic E-state index is -0.406. The Morgan fingerprint density at radius 3 is 3.00 bits per heavy atom. The molecule has 4 heterocycles. The summed E-state index contributed by atoms with van der Waals surface area (Å²) in [6.45, 7) is 2.80. The Bertz CT molecular complexity index is 734. The van der Waals surface area contributed by atoms with E-state index in [1.807, 2.05) is 12.1 Å². The van der Waals surface area contributed by atoms with E-state index in [2.05, 4.69) is 20.1 Å². The van der Waals surface area contributed by atoms with Crippen molar-refractivity contribution in [2.75, 3.05) is 26.7 Å². The summed E-state index contributed by atoms with van der Waals surface area (Å²) in [6.07, 6.45) is 5.03. The van der Waals surface area contributed by atoms with E-state index >= 15 is 0 Å². The highest BCUT2D eigenvalue weighted by Gasteiger charge is 2.46. The summed E-state index contributed by atoms with van der Waals surface area (Å²) in [6, 6.07) is 3.71. The maximum atomic E-state index is 11.7. The van der Waals surface area contributed by atoms with Crippen LogP contribution in [0.3, 0.4) is 0 Å². The quantitative estimate of drug-likeness (QED) is 0.844. The topological polar surface area (TPSA) is 84.6 Å². The molecule has 0 radical (unpaired) electrons. The van der Waals surface area contributed by atoms with Crippen LogP contribution in [0.1, 0.15) is 18.7 Å². The molecule has 2 fully saturated rings. The van der Waals surface area contributed by atoms with Crippen LogP contribution >= 0.6 is 0 Å². The van der Waals surface area contributed by atoms with Crippen molar-refractivity contribution < 1.29 is 13.9 Å². The first kappa shape index (κ1) is 15.1. The Labute approximate surface area is 139 Å². The van der Waals surface area contributed by atoms with Gasteiger partial charge in [0.2, 0.25) is 11.8 Å². The molecule has 1 unspecified atom stereocenters. The summed E-state index contributed by atoms with van der Waals surface area (Å²) in [5, 5.41) is 8.22. The van der Waals surface area contributed by atoms with Gasteiger partial charge in [-0.1, -0.05) is 0 Å². The molecular weight excluding hydrogens is 310 g/mol. The van der Waals surface area contributed by atoms with Gasteiger partial charge in [-0.3, -0.25) is 9.88 Å². The number of rotatable bonds is 3. The summed E-state index contributed by atoms with van der Waals surface area (Å²) >= 11 is 0. The smallest absolute Gasteiger partial charge is 0.410 e. The summed E-state index contributed by atoms with van der Waals surface area (Å²) in [4.78, 5) is 19.6. The number of carbonyl (C=O) groups is 1. The monoisotopic (exact) mass is 329 g/mol. The van der Waals surface area contributed by atoms with Crippen molar-refractivity contribution in [3.05, 3.63) is 30.4 Å². The van der Waals surface area contributed by atoms with Crippen LogP contribution < -0.4 is 0 Å². The van der Waals surface area contributed by atoms with Gasteiger partial charge in [-0.25, -0.2) is 4.79 Å². The normalized spacial score (nSPS) is 24.5. The first-order valence-electron chi connectivity index (χ1n) is 8.03. The molecule has 2 aromatic rings. The van der Waals surface area contributed by atoms with Crippen molar-refractivity contribution in [2.24, 2.45) is 0 Å². The Balaban J connectivity index is 1.44. The number of carbonyl (C=O) groups excluding carboxylic acids is 1. The lowest BCUT2D eigenvalue weighted by atomic mass is 9.93. The number of likely N-dealkylation sites (tertiary alicyclic amines) is 1. The first-order valence-corrected chi connectivity index (χ1v) is 8.03. The molecule has 0 aliphatic carbocycles. The summed E-state index contributed by atoms with van der Waals surface area (Å²) < 4.78 is 11.4. The van der Waals surface area contributed by atoms with Gasteiger partial charge in [0.15, 0.2) is 0 Å². The van der Waals surface area contributed by atoms with Gasteiger partial charge in [-0.2, -0.15) is 0 Å². The van der Waals surface area contributed by atoms with Crippen molar-refractivity contribution in [3.63, 3.8) is 0 Å². The van der Waals surface area contributed by atoms with Crippen LogP contribution in [-0.4, -0.2) is 63.4 Å². The SMILES string of the molecule is CN1CC2(CCCN(Cc3nnc(-c4cccnc4)o3)C2)OC1=O. The molecule has 24 heavy (non-hydrogen) atoms. The van der Waals surface area contributed by atoms with Crippen LogP contribution in [0.15, 0.2) is 28.9 Å². The highest BCUT2D eigenvalue weighted by Crippen LogP contribution is 2.32. The number of pyridine rings is 1. The van der Waals surface area contributed by atoms with E-state index in [0.717, 1.165) is 24.9 Å². The summed E-state index contributed by atoms with van der Waals surface area (Å²) in [5.74, 6) is 1.03. The molecule has 2 aliphatic rings. The van der Waals surface area contributed by atoms with E-state index in [-0.39, 0.29) is 6.09 Å². The third-order valence-corrected chi connectivity index (χ3v) is 4.49. The molecule has 1 atom stereocenters. The van der Waals surface area contributed by atoms with Gasteiger partial charge in [-0.05, 0) is 31.5 Å². The number of hydrogen-bond acceptors (Lipinski definition) is 7. The average molecular weight is 329 g/mol. The van der Waals surface area contributed by atoms with Crippen LogP contribution in [0.25, 0.3) is 11.5 Å². The molecular formula is C16H19N5O3. The largest absolute Gasteiger partial charge is 0.440 e. The Kier molecular flexibility index (Phi) is 3.68. The minimum absolute atomic E-state index is 0.242. The minimum Gasteiger partial charge on any atom is -0.440 e. The zero-order chi connectivity index (χ0) is 16.6. The molecule has 126 valence electrons. The maximum absolute atomic E-state index is 11.7. The van der Waals surface area contributed by atoms with E-state index in [9.17, 15) is 4.79 Å². The zero-order valence-electron chi connectivity index (χ0n) is 13.5. The van der Waals surface area contributed by atoms with Gasteiger partial charge < -0.3 is 14.1 Å². The third-order valence-electron chi connectivity index (χ3n) is 4.49. The van der Waals surface area contributed by atoms with Gasteiger partial charge in [-0.15, -0.1) is 10.2 Å². The van der Waals surface area contributed by atoms with E-state index in [1.54, 1.807) is 24.3 Å². The number of likely N-dealkylation sites (N-methyl/N-ethyl adjacent to an activating group) is 1. The predicted molar refractivity (Wildman–Crippen MR) is 83.9 cm³/mol. The lowest BCUT2D eigenvalue weighted by Gasteiger charge is -2.37. The molecule has 4 rings (SSSR count). The molecule has 0 aromatic carbocycles. The highest BCUT2D eigenvalue weighted by molar-refractivity contribution is 5.70. The van der Waals surface area contributed by atoms with Gasteiger partial charge in [0, 0.05) is 26.0 Å². The molecule has 0 saturated carbocycles. The number of ether oxygens (including phenoxy) is 1. The van der Waals surface area contributed by atoms with Crippen molar-refractivity contribution >= 4 is 6.09 Å². The number of amides is 1. The fourth-order valence-electron chi connectivity index (χ4n) is 3.44. The maximum Gasteiger partial charge on any atom is 0.410 e. The predicted octanol–water partition coefficient (Wildman–Crippen LogP) is 1.55. The van der Waals surface area contributed by atoms with Crippen molar-refractivity contribution in [1.29, 1.82) is 0 Å². The second-order valence-electron chi connectivity index (χ2n) is 6.46. The first-order chi connectivity index (χ1) is 11.6. The lowest BCUT2D eigenvalue weighted by Crippen LogP contribution is -2.50. The summed E-state index contributed by atoms with van der Waals surface area (Å²) in [7, 11) is 1.77. The van der Waals surface area contributed by atoms with Gasteiger partial charge >= 0.3 is 6.09 Å². The van der Waals surface area contributed by atoms with Crippen LogP contribution in [0.5, 0.6) is 0 Å². The molecule has 2 saturated heterocycles. The standard InChI is InChI=1S/C16H19N5O3/c1-20-10-16(24-15(20)22)5-3-7-21(11-16)9-13-18-19-14(23-13)12-4-2-6-17-8-12/h2,4,6,8H,3,5,7,9-11H2,1H3. The van der Waals surface area contributed by atoms with E-state index in [1.165, 1.54) is 0 Å². The number of nitrogens with zero attached hydrogens (tertiary/aromatic N) is 5. The fourth-order valence-corrected chi connectivity index (χ4v) is 3.44. The number of hydrogen-bond donors (Lipinski definition) is 0. The van der Waals surface area contributed by atoms with E-state index in [4.69, 9.17) is 9.15 Å². The molecule has 1 amide bonds. The van der Waals surface area contributed by atoms with Gasteiger partial charge in [0.25, 0.3) is 0 Å². The molecule has 8 heteroatoms. The second-order valence-corrected chi connectivity index (χ2v) is 6.46. The number of piperidine rings is 1. The molecule has 2 aromatic heterocycles. The molecule has 1 spiro atoms. The zero-order valence-corrected chi connectivity index (χ0v) is 13.5. The lowest BCUT2D eigenvalue weighted by molar-refractivity contribution is -0.0134. The van der Waals surface area contributed by atoms with Crippen molar-refractivity contribution in [3.8, 4) is 11.5 Å². The van der Waals surface area contributed by atoms with E-state index in [0.29, 0.717) is 31.4 Å². The molecule has 0 bridgehead atoms. The number of aromatic nitrogens is 3. The Hall–Kier alpha value is -2.48. The highest BCUT2D eigenvalue weighted by atomic mass is 16.6. The van der Waals surface area contributed by atoms with Crippen molar-refractivity contribution in [2.45, 2.75) is 25.0 Å². The van der Waals surface area contributed by atoms with Gasteiger partial charge in [0.1, 0.15) is 5.60 Å². The van der Waals surface area contributed by atoms with E-state index < -0.39 is 5.60 Å². The summed E-state index contributed by atoms with van der Waals surface area (Å²) in [5.41, 5.74) is 0.397. The molecule has 0 N–H and O–H groups in total.